The standard InChI is InChI=1S/C44H34N8O4/c1-55-32-15-13-30(25-53)33(24-32)35-17-19-37-42(46-35)39(22-28-11-7-4-8-12-28)50-44(48-37)52-51-43-47-36-18-16-34(29-14-20-40(56-2)31(23-29)26-54)45-41(36)38(49-43)21-27-9-5-3-6-10-27/h3-20,23-26H,21-22H2,1-2H3,(H,47,49,51)(H,48,50,52). The first-order valence-electron chi connectivity index (χ1n) is 17.7. The maximum Gasteiger partial charge on any atom is 0.242 e. The summed E-state index contributed by atoms with van der Waals surface area (Å²) in [6.07, 6.45) is 2.55. The molecule has 0 bridgehead atoms. The third-order valence-corrected chi connectivity index (χ3v) is 9.26. The van der Waals surface area contributed by atoms with Gasteiger partial charge in [0.1, 0.15) is 22.5 Å². The minimum Gasteiger partial charge on any atom is -0.497 e. The molecule has 2 N–H and O–H groups in total. The smallest absolute Gasteiger partial charge is 0.242 e. The van der Waals surface area contributed by atoms with Crippen LogP contribution in [-0.4, -0.2) is 56.7 Å². The molecule has 0 radical (unpaired) electrons. The molecule has 0 spiro atoms. The zero-order valence-electron chi connectivity index (χ0n) is 30.4. The maximum absolute atomic E-state index is 12.0. The number of hydrazine groups is 1. The van der Waals surface area contributed by atoms with Crippen LogP contribution in [0.25, 0.3) is 44.6 Å². The zero-order chi connectivity index (χ0) is 38.4. The second kappa shape index (κ2) is 15.8. The van der Waals surface area contributed by atoms with E-state index in [1.807, 2.05) is 91.0 Å². The summed E-state index contributed by atoms with van der Waals surface area (Å²) in [6.45, 7) is 0. The van der Waals surface area contributed by atoms with Crippen molar-refractivity contribution in [2.45, 2.75) is 12.8 Å². The minimum atomic E-state index is 0.292. The predicted octanol–water partition coefficient (Wildman–Crippen LogP) is 7.96. The third-order valence-electron chi connectivity index (χ3n) is 9.26. The number of nitrogens with one attached hydrogen (secondary N) is 2. The molecule has 0 aliphatic rings. The van der Waals surface area contributed by atoms with E-state index < -0.39 is 0 Å². The molecule has 8 rings (SSSR count). The van der Waals surface area contributed by atoms with Crippen molar-refractivity contribution in [3.05, 3.63) is 155 Å². The number of ether oxygens (including phenoxy) is 2. The molecular formula is C44H34N8O4. The normalized spacial score (nSPS) is 11.0. The van der Waals surface area contributed by atoms with Crippen molar-refractivity contribution in [1.29, 1.82) is 0 Å². The summed E-state index contributed by atoms with van der Waals surface area (Å²) in [5.74, 6) is 1.70. The van der Waals surface area contributed by atoms with Gasteiger partial charge in [0, 0.05) is 29.5 Å². The number of rotatable bonds is 13. The number of carbonyl (C=O) groups excluding carboxylic acids is 2. The molecule has 0 amide bonds. The lowest BCUT2D eigenvalue weighted by Gasteiger charge is -2.14. The summed E-state index contributed by atoms with van der Waals surface area (Å²) < 4.78 is 10.8. The van der Waals surface area contributed by atoms with Crippen LogP contribution in [0.3, 0.4) is 0 Å². The predicted molar refractivity (Wildman–Crippen MR) is 215 cm³/mol. The summed E-state index contributed by atoms with van der Waals surface area (Å²) in [5.41, 5.74) is 15.8. The van der Waals surface area contributed by atoms with Gasteiger partial charge in [-0.1, -0.05) is 60.7 Å². The maximum atomic E-state index is 12.0. The molecule has 0 unspecified atom stereocenters. The van der Waals surface area contributed by atoms with E-state index in [1.54, 1.807) is 37.4 Å². The van der Waals surface area contributed by atoms with E-state index in [0.29, 0.717) is 97.8 Å². The molecule has 0 aliphatic carbocycles. The first-order valence-corrected chi connectivity index (χ1v) is 17.7. The molecule has 12 heteroatoms. The number of methoxy groups -OCH3 is 2. The Morgan fingerprint density at radius 1 is 0.536 bits per heavy atom. The highest BCUT2D eigenvalue weighted by Gasteiger charge is 2.17. The Morgan fingerprint density at radius 3 is 1.66 bits per heavy atom. The van der Waals surface area contributed by atoms with Gasteiger partial charge in [-0.25, -0.2) is 29.9 Å². The molecule has 4 aromatic carbocycles. The van der Waals surface area contributed by atoms with E-state index in [0.717, 1.165) is 29.3 Å². The van der Waals surface area contributed by atoms with Crippen LogP contribution in [0.4, 0.5) is 11.9 Å². The summed E-state index contributed by atoms with van der Waals surface area (Å²) >= 11 is 0. The Kier molecular flexibility index (Phi) is 9.99. The molecular weight excluding hydrogens is 705 g/mol. The molecule has 274 valence electrons. The fraction of sp³-hybridized carbons (Fsp3) is 0.0909. The first-order chi connectivity index (χ1) is 27.5. The number of aldehydes is 2. The molecule has 0 fully saturated rings. The quantitative estimate of drug-likeness (QED) is 0.0871. The van der Waals surface area contributed by atoms with Crippen LogP contribution >= 0.6 is 0 Å². The number of hydrogen-bond acceptors (Lipinski definition) is 12. The van der Waals surface area contributed by atoms with Gasteiger partial charge in [0.2, 0.25) is 11.9 Å². The number of carbonyl (C=O) groups is 2. The molecule has 4 heterocycles. The summed E-state index contributed by atoms with van der Waals surface area (Å²) in [5, 5.41) is 0. The Labute approximate surface area is 321 Å². The molecule has 0 saturated heterocycles. The van der Waals surface area contributed by atoms with Crippen molar-refractivity contribution < 1.29 is 19.1 Å². The van der Waals surface area contributed by atoms with E-state index in [2.05, 4.69) is 10.9 Å². The number of pyridine rings is 2. The monoisotopic (exact) mass is 738 g/mol. The Hall–Kier alpha value is -7.60. The lowest BCUT2D eigenvalue weighted by atomic mass is 10.0. The second-order valence-corrected chi connectivity index (χ2v) is 12.8. The van der Waals surface area contributed by atoms with Crippen LogP contribution in [0.1, 0.15) is 43.2 Å². The van der Waals surface area contributed by atoms with Crippen molar-refractivity contribution in [2.24, 2.45) is 0 Å². The molecule has 4 aromatic heterocycles. The van der Waals surface area contributed by atoms with Gasteiger partial charge < -0.3 is 9.47 Å². The van der Waals surface area contributed by atoms with Crippen molar-refractivity contribution >= 4 is 46.5 Å². The van der Waals surface area contributed by atoms with Gasteiger partial charge in [0.05, 0.1) is 53.6 Å². The lowest BCUT2D eigenvalue weighted by molar-refractivity contribution is 0.111. The highest BCUT2D eigenvalue weighted by molar-refractivity contribution is 5.90. The van der Waals surface area contributed by atoms with E-state index in [9.17, 15) is 9.59 Å². The minimum absolute atomic E-state index is 0.292. The topological polar surface area (TPSA) is 154 Å². The Bertz CT molecular complexity index is 2730. The van der Waals surface area contributed by atoms with Gasteiger partial charge in [-0.2, -0.15) is 0 Å². The van der Waals surface area contributed by atoms with Gasteiger partial charge in [0.25, 0.3) is 0 Å². The van der Waals surface area contributed by atoms with Gasteiger partial charge in [0.15, 0.2) is 12.6 Å². The summed E-state index contributed by atoms with van der Waals surface area (Å²) in [4.78, 5) is 53.1. The molecule has 0 aliphatic heterocycles. The van der Waals surface area contributed by atoms with Crippen LogP contribution in [0.15, 0.2) is 121 Å². The zero-order valence-corrected chi connectivity index (χ0v) is 30.4. The number of benzene rings is 4. The van der Waals surface area contributed by atoms with E-state index in [-0.39, 0.29) is 0 Å². The third kappa shape index (κ3) is 7.44. The Morgan fingerprint density at radius 2 is 1.11 bits per heavy atom. The number of fused-ring (bicyclic) bond motifs is 2. The van der Waals surface area contributed by atoms with Crippen LogP contribution in [-0.2, 0) is 12.8 Å². The van der Waals surface area contributed by atoms with Crippen LogP contribution in [0, 0.1) is 0 Å². The molecule has 8 aromatic rings. The highest BCUT2D eigenvalue weighted by Crippen LogP contribution is 2.30. The van der Waals surface area contributed by atoms with Gasteiger partial charge >= 0.3 is 0 Å². The van der Waals surface area contributed by atoms with Gasteiger partial charge in [-0.15, -0.1) is 0 Å². The van der Waals surface area contributed by atoms with Crippen molar-refractivity contribution in [3.63, 3.8) is 0 Å². The summed E-state index contributed by atoms with van der Waals surface area (Å²) in [7, 11) is 3.11. The second-order valence-electron chi connectivity index (χ2n) is 12.8. The fourth-order valence-corrected chi connectivity index (χ4v) is 6.48. The van der Waals surface area contributed by atoms with Crippen molar-refractivity contribution in [1.82, 2.24) is 29.9 Å². The van der Waals surface area contributed by atoms with Crippen molar-refractivity contribution in [2.75, 3.05) is 25.1 Å². The average Bonchev–Trinajstić information content (AvgIpc) is 3.25. The highest BCUT2D eigenvalue weighted by atomic mass is 16.5. The van der Waals surface area contributed by atoms with E-state index in [4.69, 9.17) is 39.4 Å². The molecule has 56 heavy (non-hydrogen) atoms. The van der Waals surface area contributed by atoms with Gasteiger partial charge in [-0.05, 0) is 71.8 Å². The largest absolute Gasteiger partial charge is 0.497 e. The number of nitrogens with zero attached hydrogens (tertiary/aromatic N) is 6. The number of hydrogen-bond donors (Lipinski definition) is 2. The molecule has 0 saturated carbocycles. The van der Waals surface area contributed by atoms with E-state index >= 15 is 0 Å². The fourth-order valence-electron chi connectivity index (χ4n) is 6.48. The van der Waals surface area contributed by atoms with Crippen LogP contribution < -0.4 is 20.3 Å². The number of aromatic nitrogens is 6. The summed E-state index contributed by atoms with van der Waals surface area (Å²) in [6, 6.07) is 38.1. The number of anilines is 2. The van der Waals surface area contributed by atoms with Crippen LogP contribution in [0.5, 0.6) is 11.5 Å². The molecule has 12 nitrogen and oxygen atoms in total. The van der Waals surface area contributed by atoms with E-state index in [1.165, 1.54) is 7.11 Å². The van der Waals surface area contributed by atoms with Crippen LogP contribution in [0.2, 0.25) is 0 Å². The lowest BCUT2D eigenvalue weighted by Crippen LogP contribution is -2.16. The SMILES string of the molecule is COc1ccc(C=O)c(-c2ccc3nc(NNc4nc(Cc5ccccc5)c5nc(-c6ccc(OC)c(C=O)c6)ccc5n4)nc(Cc4ccccc4)c3n2)c1. The average molecular weight is 739 g/mol. The van der Waals surface area contributed by atoms with Crippen molar-refractivity contribution in [3.8, 4) is 34.0 Å². The Balaban J connectivity index is 1.16. The van der Waals surface area contributed by atoms with Gasteiger partial charge in [-0.3, -0.25) is 20.4 Å². The molecule has 0 atom stereocenters. The first kappa shape index (κ1) is 35.4.